The number of ether oxygens (including phenoxy) is 1. The lowest BCUT2D eigenvalue weighted by molar-refractivity contribution is -0.118. The van der Waals surface area contributed by atoms with Crippen molar-refractivity contribution in [3.63, 3.8) is 0 Å². The molecule has 0 radical (unpaired) electrons. The van der Waals surface area contributed by atoms with Crippen molar-refractivity contribution >= 4 is 46.4 Å². The van der Waals surface area contributed by atoms with Gasteiger partial charge in [0.2, 0.25) is 5.91 Å². The van der Waals surface area contributed by atoms with Crippen molar-refractivity contribution in [3.05, 3.63) is 52.5 Å². The van der Waals surface area contributed by atoms with Crippen LogP contribution in [0.2, 0.25) is 10.0 Å². The fraction of sp³-hybridized carbons (Fsp3) is 0.125. The molecule has 0 unspecified atom stereocenters. The molecule has 120 valence electrons. The topological polar surface area (TPSA) is 67.4 Å². The highest BCUT2D eigenvalue weighted by molar-refractivity contribution is 6.35. The van der Waals surface area contributed by atoms with Crippen LogP contribution in [0.4, 0.5) is 11.4 Å². The van der Waals surface area contributed by atoms with Crippen LogP contribution in [0.25, 0.3) is 0 Å². The first kappa shape index (κ1) is 17.1. The van der Waals surface area contributed by atoms with Crippen molar-refractivity contribution in [1.29, 1.82) is 0 Å². The van der Waals surface area contributed by atoms with Crippen molar-refractivity contribution in [2.45, 2.75) is 6.92 Å². The third-order valence-electron chi connectivity index (χ3n) is 2.74. The second-order valence-electron chi connectivity index (χ2n) is 4.67. The van der Waals surface area contributed by atoms with Crippen LogP contribution in [0.3, 0.4) is 0 Å². The van der Waals surface area contributed by atoms with E-state index in [1.165, 1.54) is 13.0 Å². The monoisotopic (exact) mass is 352 g/mol. The Balaban J connectivity index is 1.88. The fourth-order valence-corrected chi connectivity index (χ4v) is 2.24. The standard InChI is InChI=1S/C16H14Cl2N2O3/c1-10(21)19-12-3-5-13(6-4-12)20-16(22)9-23-15-7-2-11(17)8-14(15)18/h2-8H,9H2,1H3,(H,19,21)(H,20,22). The number of carbonyl (C=O) groups excluding carboxylic acids is 2. The Morgan fingerprint density at radius 2 is 1.61 bits per heavy atom. The van der Waals surface area contributed by atoms with Gasteiger partial charge in [-0.2, -0.15) is 0 Å². The van der Waals surface area contributed by atoms with E-state index in [1.807, 2.05) is 0 Å². The minimum atomic E-state index is -0.330. The van der Waals surface area contributed by atoms with E-state index in [9.17, 15) is 9.59 Å². The molecule has 0 heterocycles. The van der Waals surface area contributed by atoms with Gasteiger partial charge in [0.1, 0.15) is 5.75 Å². The Morgan fingerprint density at radius 3 is 2.17 bits per heavy atom. The molecule has 0 aliphatic heterocycles. The van der Waals surface area contributed by atoms with Crippen LogP contribution in [-0.2, 0) is 9.59 Å². The summed E-state index contributed by atoms with van der Waals surface area (Å²) >= 11 is 11.7. The van der Waals surface area contributed by atoms with Gasteiger partial charge in [-0.15, -0.1) is 0 Å². The number of carbonyl (C=O) groups is 2. The third kappa shape index (κ3) is 5.47. The lowest BCUT2D eigenvalue weighted by atomic mass is 10.2. The Hall–Kier alpha value is -2.24. The molecule has 0 fully saturated rings. The Labute approximate surface area is 143 Å². The Bertz CT molecular complexity index is 718. The molecule has 0 aliphatic carbocycles. The van der Waals surface area contributed by atoms with Gasteiger partial charge in [-0.05, 0) is 42.5 Å². The molecule has 0 bridgehead atoms. The predicted molar refractivity (Wildman–Crippen MR) is 91.3 cm³/mol. The molecule has 0 spiro atoms. The molecular weight excluding hydrogens is 339 g/mol. The van der Waals surface area contributed by atoms with Gasteiger partial charge in [-0.25, -0.2) is 0 Å². The molecule has 2 aromatic rings. The first-order chi connectivity index (χ1) is 10.9. The number of anilines is 2. The van der Waals surface area contributed by atoms with Gasteiger partial charge in [0.25, 0.3) is 5.91 Å². The van der Waals surface area contributed by atoms with Gasteiger partial charge in [0, 0.05) is 23.3 Å². The second kappa shape index (κ2) is 7.85. The van der Waals surface area contributed by atoms with Gasteiger partial charge < -0.3 is 15.4 Å². The number of rotatable bonds is 5. The average Bonchev–Trinajstić information content (AvgIpc) is 2.48. The minimum Gasteiger partial charge on any atom is -0.482 e. The highest BCUT2D eigenvalue weighted by Gasteiger charge is 2.07. The molecule has 7 heteroatoms. The first-order valence-corrected chi connectivity index (χ1v) is 7.45. The van der Waals surface area contributed by atoms with Crippen LogP contribution in [0.5, 0.6) is 5.75 Å². The molecule has 0 aromatic heterocycles. The van der Waals surface area contributed by atoms with E-state index in [0.29, 0.717) is 27.2 Å². The van der Waals surface area contributed by atoms with Gasteiger partial charge in [0.15, 0.2) is 6.61 Å². The second-order valence-corrected chi connectivity index (χ2v) is 5.51. The van der Waals surface area contributed by atoms with Crippen molar-refractivity contribution in [3.8, 4) is 5.75 Å². The van der Waals surface area contributed by atoms with Gasteiger partial charge in [-0.1, -0.05) is 23.2 Å². The van der Waals surface area contributed by atoms with Crippen molar-refractivity contribution in [1.82, 2.24) is 0 Å². The normalized spacial score (nSPS) is 10.0. The maximum absolute atomic E-state index is 11.9. The first-order valence-electron chi connectivity index (χ1n) is 6.69. The summed E-state index contributed by atoms with van der Waals surface area (Å²) in [5.41, 5.74) is 1.25. The summed E-state index contributed by atoms with van der Waals surface area (Å²) in [6.07, 6.45) is 0. The van der Waals surface area contributed by atoms with Gasteiger partial charge in [-0.3, -0.25) is 9.59 Å². The average molecular weight is 353 g/mol. The van der Waals surface area contributed by atoms with Crippen LogP contribution in [0.15, 0.2) is 42.5 Å². The summed E-state index contributed by atoms with van der Waals surface area (Å²) in [4.78, 5) is 22.8. The van der Waals surface area contributed by atoms with E-state index in [1.54, 1.807) is 36.4 Å². The zero-order valence-corrected chi connectivity index (χ0v) is 13.7. The number of hydrogen-bond acceptors (Lipinski definition) is 3. The molecule has 5 nitrogen and oxygen atoms in total. The summed E-state index contributed by atoms with van der Waals surface area (Å²) in [7, 11) is 0. The summed E-state index contributed by atoms with van der Waals surface area (Å²) in [6, 6.07) is 11.5. The number of amides is 2. The molecule has 0 saturated carbocycles. The van der Waals surface area contributed by atoms with Crippen LogP contribution in [-0.4, -0.2) is 18.4 Å². The highest BCUT2D eigenvalue weighted by atomic mass is 35.5. The molecule has 0 saturated heterocycles. The van der Waals surface area contributed by atoms with Crippen molar-refractivity contribution in [2.75, 3.05) is 17.2 Å². The summed E-state index contributed by atoms with van der Waals surface area (Å²) in [6.45, 7) is 1.24. The molecule has 2 amide bonds. The lowest BCUT2D eigenvalue weighted by Crippen LogP contribution is -2.20. The van der Waals surface area contributed by atoms with Gasteiger partial charge >= 0.3 is 0 Å². The Kier molecular flexibility index (Phi) is 5.84. The van der Waals surface area contributed by atoms with E-state index < -0.39 is 0 Å². The smallest absolute Gasteiger partial charge is 0.262 e. The summed E-state index contributed by atoms with van der Waals surface area (Å²) < 4.78 is 5.34. The molecule has 0 atom stereocenters. The third-order valence-corrected chi connectivity index (χ3v) is 3.27. The molecule has 2 N–H and O–H groups in total. The number of halogens is 2. The van der Waals surface area contributed by atoms with E-state index in [2.05, 4.69) is 10.6 Å². The number of benzene rings is 2. The fourth-order valence-electron chi connectivity index (χ4n) is 1.77. The number of hydrogen-bond donors (Lipinski definition) is 2. The highest BCUT2D eigenvalue weighted by Crippen LogP contribution is 2.27. The van der Waals surface area contributed by atoms with Crippen molar-refractivity contribution in [2.24, 2.45) is 0 Å². The van der Waals surface area contributed by atoms with Crippen LogP contribution >= 0.6 is 23.2 Å². The molecule has 23 heavy (non-hydrogen) atoms. The quantitative estimate of drug-likeness (QED) is 0.855. The molecule has 2 rings (SSSR count). The van der Waals surface area contributed by atoms with E-state index >= 15 is 0 Å². The maximum atomic E-state index is 11.9. The lowest BCUT2D eigenvalue weighted by Gasteiger charge is -2.09. The van der Waals surface area contributed by atoms with E-state index in [4.69, 9.17) is 27.9 Å². The summed E-state index contributed by atoms with van der Waals surface area (Å²) in [5.74, 6) is -0.106. The SMILES string of the molecule is CC(=O)Nc1ccc(NC(=O)COc2ccc(Cl)cc2Cl)cc1. The van der Waals surface area contributed by atoms with Gasteiger partial charge in [0.05, 0.1) is 5.02 Å². The Morgan fingerprint density at radius 1 is 1.00 bits per heavy atom. The van der Waals surface area contributed by atoms with E-state index in [-0.39, 0.29) is 18.4 Å². The molecule has 2 aromatic carbocycles. The minimum absolute atomic E-state index is 0.157. The zero-order chi connectivity index (χ0) is 16.8. The predicted octanol–water partition coefficient (Wildman–Crippen LogP) is 3.97. The maximum Gasteiger partial charge on any atom is 0.262 e. The molecular formula is C16H14Cl2N2O3. The van der Waals surface area contributed by atoms with Crippen LogP contribution in [0, 0.1) is 0 Å². The zero-order valence-electron chi connectivity index (χ0n) is 12.2. The molecule has 0 aliphatic rings. The summed E-state index contributed by atoms with van der Waals surface area (Å²) in [5, 5.41) is 6.15. The number of nitrogens with one attached hydrogen (secondary N) is 2. The largest absolute Gasteiger partial charge is 0.482 e. The van der Waals surface area contributed by atoms with Crippen molar-refractivity contribution < 1.29 is 14.3 Å². The van der Waals surface area contributed by atoms with E-state index in [0.717, 1.165) is 0 Å². The van der Waals surface area contributed by atoms with Crippen LogP contribution in [0.1, 0.15) is 6.92 Å². The van der Waals surface area contributed by atoms with Crippen LogP contribution < -0.4 is 15.4 Å².